The Morgan fingerprint density at radius 3 is 2.29 bits per heavy atom. The highest BCUT2D eigenvalue weighted by Gasteiger charge is 2.05. The molecule has 0 saturated heterocycles. The molecule has 0 aromatic heterocycles. The summed E-state index contributed by atoms with van der Waals surface area (Å²) in [6.07, 6.45) is 3.16. The van der Waals surface area contributed by atoms with Crippen molar-refractivity contribution in [3.63, 3.8) is 0 Å². The number of carbonyl (C=O) groups is 2. The third kappa shape index (κ3) is 4.98. The fourth-order valence-electron chi connectivity index (χ4n) is 2.01. The van der Waals surface area contributed by atoms with E-state index < -0.39 is 5.97 Å². The molecule has 2 aromatic rings. The van der Waals surface area contributed by atoms with Gasteiger partial charge in [-0.05, 0) is 55.0 Å². The first-order valence-corrected chi connectivity index (χ1v) is 7.52. The van der Waals surface area contributed by atoms with E-state index in [0.29, 0.717) is 17.9 Å². The van der Waals surface area contributed by atoms with Gasteiger partial charge in [0.1, 0.15) is 5.75 Å². The van der Waals surface area contributed by atoms with Gasteiger partial charge in [0.05, 0.1) is 19.3 Å². The summed E-state index contributed by atoms with van der Waals surface area (Å²) in [7, 11) is 1.32. The summed E-state index contributed by atoms with van der Waals surface area (Å²) in [4.78, 5) is 23.3. The van der Waals surface area contributed by atoms with Gasteiger partial charge in [0, 0.05) is 11.8 Å². The lowest BCUT2D eigenvalue weighted by atomic mass is 10.2. The van der Waals surface area contributed by atoms with Crippen LogP contribution >= 0.6 is 0 Å². The number of amides is 1. The molecule has 1 amide bonds. The smallest absolute Gasteiger partial charge is 0.337 e. The number of esters is 1. The van der Waals surface area contributed by atoms with Gasteiger partial charge < -0.3 is 14.8 Å². The Kier molecular flexibility index (Phi) is 6.14. The summed E-state index contributed by atoms with van der Waals surface area (Å²) >= 11 is 0. The first kappa shape index (κ1) is 17.3. The van der Waals surface area contributed by atoms with Gasteiger partial charge >= 0.3 is 5.97 Å². The van der Waals surface area contributed by atoms with E-state index in [1.54, 1.807) is 30.3 Å². The number of nitrogens with one attached hydrogen (secondary N) is 1. The number of benzene rings is 2. The van der Waals surface area contributed by atoms with Gasteiger partial charge in [-0.1, -0.05) is 12.1 Å². The summed E-state index contributed by atoms with van der Waals surface area (Å²) in [5.41, 5.74) is 1.93. The number of methoxy groups -OCH3 is 1. The number of rotatable bonds is 6. The van der Waals surface area contributed by atoms with E-state index >= 15 is 0 Å². The topological polar surface area (TPSA) is 64.6 Å². The summed E-state index contributed by atoms with van der Waals surface area (Å²) in [6, 6.07) is 13.9. The summed E-state index contributed by atoms with van der Waals surface area (Å²) in [6.45, 7) is 2.54. The van der Waals surface area contributed by atoms with E-state index in [-0.39, 0.29) is 5.91 Å². The van der Waals surface area contributed by atoms with Crippen molar-refractivity contribution < 1.29 is 19.1 Å². The van der Waals surface area contributed by atoms with Crippen LogP contribution in [-0.4, -0.2) is 25.6 Å². The predicted octanol–water partition coefficient (Wildman–Crippen LogP) is 3.52. The minimum Gasteiger partial charge on any atom is -0.494 e. The Balaban J connectivity index is 1.93. The molecule has 5 heteroatoms. The Bertz CT molecular complexity index is 718. The number of hydrogen-bond acceptors (Lipinski definition) is 4. The van der Waals surface area contributed by atoms with Crippen molar-refractivity contribution in [1.82, 2.24) is 0 Å². The number of carbonyl (C=O) groups excluding carboxylic acids is 2. The third-order valence-corrected chi connectivity index (χ3v) is 3.19. The minimum absolute atomic E-state index is 0.255. The van der Waals surface area contributed by atoms with Crippen LogP contribution in [0, 0.1) is 0 Å². The van der Waals surface area contributed by atoms with Crippen molar-refractivity contribution in [2.24, 2.45) is 0 Å². The van der Waals surface area contributed by atoms with Crippen molar-refractivity contribution in [3.8, 4) is 5.75 Å². The quantitative estimate of drug-likeness (QED) is 0.652. The molecule has 0 saturated carbocycles. The second kappa shape index (κ2) is 8.53. The Hall–Kier alpha value is -3.08. The third-order valence-electron chi connectivity index (χ3n) is 3.19. The molecule has 0 unspecified atom stereocenters. The average Bonchev–Trinajstić information content (AvgIpc) is 2.61. The maximum Gasteiger partial charge on any atom is 0.337 e. The van der Waals surface area contributed by atoms with Gasteiger partial charge in [-0.25, -0.2) is 4.79 Å². The first-order chi connectivity index (χ1) is 11.6. The zero-order valence-electron chi connectivity index (χ0n) is 13.6. The zero-order valence-corrected chi connectivity index (χ0v) is 13.6. The van der Waals surface area contributed by atoms with Crippen molar-refractivity contribution in [1.29, 1.82) is 0 Å². The maximum absolute atomic E-state index is 11.9. The predicted molar refractivity (Wildman–Crippen MR) is 93.1 cm³/mol. The van der Waals surface area contributed by atoms with Crippen LogP contribution in [0.15, 0.2) is 54.6 Å². The molecule has 0 atom stereocenters. The first-order valence-electron chi connectivity index (χ1n) is 7.52. The van der Waals surface area contributed by atoms with E-state index in [4.69, 9.17) is 4.74 Å². The molecule has 1 N–H and O–H groups in total. The highest BCUT2D eigenvalue weighted by Crippen LogP contribution is 2.14. The molecule has 0 aliphatic rings. The van der Waals surface area contributed by atoms with Crippen LogP contribution in [0.1, 0.15) is 22.8 Å². The molecule has 0 fully saturated rings. The minimum atomic E-state index is -0.414. The van der Waals surface area contributed by atoms with Crippen molar-refractivity contribution in [2.75, 3.05) is 19.0 Å². The van der Waals surface area contributed by atoms with Gasteiger partial charge in [0.2, 0.25) is 5.91 Å². The number of ether oxygens (including phenoxy) is 2. The van der Waals surface area contributed by atoms with Crippen LogP contribution in [-0.2, 0) is 9.53 Å². The molecule has 5 nitrogen and oxygen atoms in total. The molecule has 0 heterocycles. The number of anilines is 1. The maximum atomic E-state index is 11.9. The monoisotopic (exact) mass is 325 g/mol. The number of hydrogen-bond donors (Lipinski definition) is 1. The average molecular weight is 325 g/mol. The molecule has 0 aliphatic heterocycles. The fraction of sp³-hybridized carbons (Fsp3) is 0.158. The van der Waals surface area contributed by atoms with Gasteiger partial charge in [0.15, 0.2) is 0 Å². The molecule has 2 rings (SSSR count). The van der Waals surface area contributed by atoms with E-state index in [0.717, 1.165) is 11.3 Å². The van der Waals surface area contributed by atoms with Crippen LogP contribution in [0.3, 0.4) is 0 Å². The van der Waals surface area contributed by atoms with Crippen LogP contribution in [0.2, 0.25) is 0 Å². The molecule has 0 spiro atoms. The zero-order chi connectivity index (χ0) is 17.4. The van der Waals surface area contributed by atoms with E-state index in [1.807, 2.05) is 31.2 Å². The lowest BCUT2D eigenvalue weighted by molar-refractivity contribution is -0.111. The van der Waals surface area contributed by atoms with Crippen LogP contribution in [0.5, 0.6) is 5.75 Å². The second-order valence-electron chi connectivity index (χ2n) is 4.89. The Labute approximate surface area is 140 Å². The standard InChI is InChI=1S/C19H19NO4/c1-3-24-17-11-4-14(5-12-17)6-13-18(21)20-16-9-7-15(8-10-16)19(22)23-2/h4-13H,3H2,1-2H3,(H,20,21). The van der Waals surface area contributed by atoms with Crippen molar-refractivity contribution >= 4 is 23.6 Å². The molecule has 0 aliphatic carbocycles. The SMILES string of the molecule is CCOc1ccc(C=CC(=O)Nc2ccc(C(=O)OC)cc2)cc1. The molecule has 0 bridgehead atoms. The molecule has 124 valence electrons. The summed E-state index contributed by atoms with van der Waals surface area (Å²) < 4.78 is 9.99. The lowest BCUT2D eigenvalue weighted by Gasteiger charge is -2.04. The molecule has 24 heavy (non-hydrogen) atoms. The van der Waals surface area contributed by atoms with Crippen LogP contribution in [0.4, 0.5) is 5.69 Å². The normalized spacial score (nSPS) is 10.4. The lowest BCUT2D eigenvalue weighted by Crippen LogP contribution is -2.08. The van der Waals surface area contributed by atoms with E-state index in [2.05, 4.69) is 10.1 Å². The molecular weight excluding hydrogens is 306 g/mol. The Morgan fingerprint density at radius 2 is 1.71 bits per heavy atom. The largest absolute Gasteiger partial charge is 0.494 e. The highest BCUT2D eigenvalue weighted by atomic mass is 16.5. The Morgan fingerprint density at radius 1 is 1.04 bits per heavy atom. The van der Waals surface area contributed by atoms with Crippen LogP contribution < -0.4 is 10.1 Å². The van der Waals surface area contributed by atoms with Gasteiger partial charge in [-0.2, -0.15) is 0 Å². The highest BCUT2D eigenvalue weighted by molar-refractivity contribution is 6.02. The fourth-order valence-corrected chi connectivity index (χ4v) is 2.01. The summed E-state index contributed by atoms with van der Waals surface area (Å²) in [5, 5.41) is 2.73. The second-order valence-corrected chi connectivity index (χ2v) is 4.89. The van der Waals surface area contributed by atoms with Crippen molar-refractivity contribution in [2.45, 2.75) is 6.92 Å². The molecular formula is C19H19NO4. The van der Waals surface area contributed by atoms with E-state index in [1.165, 1.54) is 13.2 Å². The van der Waals surface area contributed by atoms with Gasteiger partial charge in [-0.15, -0.1) is 0 Å². The molecule has 2 aromatic carbocycles. The van der Waals surface area contributed by atoms with Gasteiger partial charge in [0.25, 0.3) is 0 Å². The van der Waals surface area contributed by atoms with Crippen LogP contribution in [0.25, 0.3) is 6.08 Å². The van der Waals surface area contributed by atoms with Gasteiger partial charge in [-0.3, -0.25) is 4.79 Å². The molecule has 0 radical (unpaired) electrons. The summed E-state index contributed by atoms with van der Waals surface area (Å²) in [5.74, 6) is 0.128. The van der Waals surface area contributed by atoms with E-state index in [9.17, 15) is 9.59 Å². The van der Waals surface area contributed by atoms with Crippen molar-refractivity contribution in [3.05, 3.63) is 65.7 Å².